The van der Waals surface area contributed by atoms with Gasteiger partial charge in [-0.1, -0.05) is 0 Å². The largest absolute Gasteiger partial charge is 0.364 e. The van der Waals surface area contributed by atoms with E-state index in [9.17, 15) is 0 Å². The van der Waals surface area contributed by atoms with Gasteiger partial charge in [-0.25, -0.2) is 0 Å². The molecule has 13 heavy (non-hydrogen) atoms. The minimum Gasteiger partial charge on any atom is -0.364 e. The van der Waals surface area contributed by atoms with E-state index >= 15 is 0 Å². The van der Waals surface area contributed by atoms with Crippen molar-refractivity contribution in [2.45, 2.75) is 13.1 Å². The summed E-state index contributed by atoms with van der Waals surface area (Å²) in [5, 5.41) is 10.3. The molecule has 0 saturated carbocycles. The zero-order chi connectivity index (χ0) is 8.84. The Bertz CT molecular complexity index is 461. The lowest BCUT2D eigenvalue weighted by Crippen LogP contribution is -2.16. The molecule has 1 aromatic carbocycles. The Morgan fingerprint density at radius 3 is 3.08 bits per heavy atom. The van der Waals surface area contributed by atoms with Crippen molar-refractivity contribution in [2.24, 2.45) is 0 Å². The minimum atomic E-state index is 0.348. The first-order valence-corrected chi connectivity index (χ1v) is 5.26. The van der Waals surface area contributed by atoms with E-state index in [1.54, 1.807) is 11.3 Å². The molecule has 3 rings (SSSR count). The molecule has 2 N–H and O–H groups in total. The number of rotatable bonds is 0. The molecular weight excluding hydrogens is 180 g/mol. The number of anilines is 2. The molecule has 2 aromatic rings. The normalized spacial score (nSPS) is 19.6. The number of hydrogen-bond donors (Lipinski definition) is 2. The van der Waals surface area contributed by atoms with Crippen molar-refractivity contribution in [1.29, 1.82) is 0 Å². The van der Waals surface area contributed by atoms with Gasteiger partial charge in [0.2, 0.25) is 0 Å². The molecule has 0 radical (unpaired) electrons. The fourth-order valence-electron chi connectivity index (χ4n) is 1.81. The van der Waals surface area contributed by atoms with Crippen LogP contribution in [0.2, 0.25) is 0 Å². The first kappa shape index (κ1) is 7.21. The van der Waals surface area contributed by atoms with Gasteiger partial charge in [0.05, 0.1) is 17.5 Å². The maximum Gasteiger partial charge on any atom is 0.0936 e. The quantitative estimate of drug-likeness (QED) is 0.667. The Balaban J connectivity index is 2.34. The van der Waals surface area contributed by atoms with Crippen LogP contribution in [0.3, 0.4) is 0 Å². The average Bonchev–Trinajstić information content (AvgIpc) is 2.65. The molecule has 1 aliphatic rings. The van der Waals surface area contributed by atoms with Crippen molar-refractivity contribution >= 4 is 32.8 Å². The maximum absolute atomic E-state index is 3.42. The summed E-state index contributed by atoms with van der Waals surface area (Å²) in [6.07, 6.45) is 0.348. The van der Waals surface area contributed by atoms with Gasteiger partial charge in [0.15, 0.2) is 0 Å². The topological polar surface area (TPSA) is 24.1 Å². The SMILES string of the molecule is CC1Nc2ccc3sccc3c2N1. The van der Waals surface area contributed by atoms with Gasteiger partial charge in [0.25, 0.3) is 0 Å². The molecule has 0 amide bonds. The highest BCUT2D eigenvalue weighted by molar-refractivity contribution is 7.17. The highest BCUT2D eigenvalue weighted by Crippen LogP contribution is 2.38. The molecule has 0 bridgehead atoms. The summed E-state index contributed by atoms with van der Waals surface area (Å²) in [4.78, 5) is 0. The van der Waals surface area contributed by atoms with Gasteiger partial charge in [-0.2, -0.15) is 0 Å². The number of benzene rings is 1. The fraction of sp³-hybridized carbons (Fsp3) is 0.200. The standard InChI is InChI=1S/C10H10N2S/c1-6-11-8-2-3-9-7(4-5-13-9)10(8)12-6/h2-6,11-12H,1H3. The number of nitrogens with one attached hydrogen (secondary N) is 2. The zero-order valence-electron chi connectivity index (χ0n) is 7.29. The molecule has 2 nitrogen and oxygen atoms in total. The number of fused-ring (bicyclic) bond motifs is 3. The van der Waals surface area contributed by atoms with Crippen LogP contribution in [-0.4, -0.2) is 6.17 Å². The van der Waals surface area contributed by atoms with Crippen LogP contribution in [0.4, 0.5) is 11.4 Å². The first-order valence-electron chi connectivity index (χ1n) is 4.38. The summed E-state index contributed by atoms with van der Waals surface area (Å²) < 4.78 is 1.35. The summed E-state index contributed by atoms with van der Waals surface area (Å²) in [6, 6.07) is 6.49. The Morgan fingerprint density at radius 2 is 2.15 bits per heavy atom. The van der Waals surface area contributed by atoms with Crippen LogP contribution in [0.5, 0.6) is 0 Å². The lowest BCUT2D eigenvalue weighted by atomic mass is 10.2. The van der Waals surface area contributed by atoms with Gasteiger partial charge in [-0.3, -0.25) is 0 Å². The third kappa shape index (κ3) is 0.937. The van der Waals surface area contributed by atoms with E-state index in [2.05, 4.69) is 41.1 Å². The fourth-order valence-corrected chi connectivity index (χ4v) is 2.60. The summed E-state index contributed by atoms with van der Waals surface area (Å²) >= 11 is 1.79. The Morgan fingerprint density at radius 1 is 1.23 bits per heavy atom. The van der Waals surface area contributed by atoms with E-state index in [0.29, 0.717) is 6.17 Å². The lowest BCUT2D eigenvalue weighted by molar-refractivity contribution is 0.957. The second kappa shape index (κ2) is 2.39. The smallest absolute Gasteiger partial charge is 0.0936 e. The van der Waals surface area contributed by atoms with Crippen molar-refractivity contribution in [3.63, 3.8) is 0 Å². The number of thiophene rings is 1. The molecule has 0 fully saturated rings. The van der Waals surface area contributed by atoms with Crippen molar-refractivity contribution in [1.82, 2.24) is 0 Å². The van der Waals surface area contributed by atoms with Gasteiger partial charge in [0.1, 0.15) is 0 Å². The van der Waals surface area contributed by atoms with Crippen LogP contribution in [0.15, 0.2) is 23.6 Å². The van der Waals surface area contributed by atoms with Crippen LogP contribution in [0.25, 0.3) is 10.1 Å². The molecule has 0 spiro atoms. The highest BCUT2D eigenvalue weighted by atomic mass is 32.1. The molecule has 2 heterocycles. The second-order valence-corrected chi connectivity index (χ2v) is 4.28. The van der Waals surface area contributed by atoms with Crippen LogP contribution in [0, 0.1) is 0 Å². The van der Waals surface area contributed by atoms with E-state index in [1.807, 2.05) is 0 Å². The summed E-state index contributed by atoms with van der Waals surface area (Å²) in [5.74, 6) is 0. The van der Waals surface area contributed by atoms with Gasteiger partial charge in [-0.05, 0) is 30.5 Å². The monoisotopic (exact) mass is 190 g/mol. The first-order chi connectivity index (χ1) is 6.34. The molecule has 1 atom stereocenters. The Kier molecular flexibility index (Phi) is 1.32. The third-order valence-corrected chi connectivity index (χ3v) is 3.25. The van der Waals surface area contributed by atoms with E-state index in [-0.39, 0.29) is 0 Å². The van der Waals surface area contributed by atoms with Crippen LogP contribution in [0.1, 0.15) is 6.92 Å². The van der Waals surface area contributed by atoms with Gasteiger partial charge < -0.3 is 10.6 Å². The van der Waals surface area contributed by atoms with E-state index in [4.69, 9.17) is 0 Å². The number of hydrogen-bond acceptors (Lipinski definition) is 3. The van der Waals surface area contributed by atoms with Crippen LogP contribution in [-0.2, 0) is 0 Å². The Labute approximate surface area is 80.6 Å². The van der Waals surface area contributed by atoms with Gasteiger partial charge in [-0.15, -0.1) is 11.3 Å². The average molecular weight is 190 g/mol. The third-order valence-electron chi connectivity index (χ3n) is 2.37. The van der Waals surface area contributed by atoms with E-state index < -0.39 is 0 Å². The molecular formula is C10H10N2S. The molecule has 3 heteroatoms. The molecule has 0 saturated heterocycles. The lowest BCUT2D eigenvalue weighted by Gasteiger charge is -2.02. The molecule has 1 unspecified atom stereocenters. The second-order valence-electron chi connectivity index (χ2n) is 3.33. The predicted octanol–water partition coefficient (Wildman–Crippen LogP) is 3.08. The predicted molar refractivity (Wildman–Crippen MR) is 58.5 cm³/mol. The zero-order valence-corrected chi connectivity index (χ0v) is 8.11. The van der Waals surface area contributed by atoms with E-state index in [1.165, 1.54) is 21.5 Å². The van der Waals surface area contributed by atoms with Gasteiger partial charge in [0, 0.05) is 10.1 Å². The van der Waals surface area contributed by atoms with Crippen molar-refractivity contribution in [3.05, 3.63) is 23.6 Å². The highest BCUT2D eigenvalue weighted by Gasteiger charge is 2.17. The molecule has 66 valence electrons. The molecule has 0 aliphatic carbocycles. The van der Waals surface area contributed by atoms with Gasteiger partial charge >= 0.3 is 0 Å². The molecule has 1 aromatic heterocycles. The van der Waals surface area contributed by atoms with Crippen LogP contribution < -0.4 is 10.6 Å². The maximum atomic E-state index is 3.42. The minimum absolute atomic E-state index is 0.348. The van der Waals surface area contributed by atoms with Crippen molar-refractivity contribution in [2.75, 3.05) is 10.6 Å². The summed E-state index contributed by atoms with van der Waals surface area (Å²) in [7, 11) is 0. The van der Waals surface area contributed by atoms with Crippen LogP contribution >= 0.6 is 11.3 Å². The molecule has 1 aliphatic heterocycles. The van der Waals surface area contributed by atoms with Crippen molar-refractivity contribution < 1.29 is 0 Å². The Hall–Kier alpha value is -1.22. The summed E-state index contributed by atoms with van der Waals surface area (Å²) in [5.41, 5.74) is 2.48. The van der Waals surface area contributed by atoms with Crippen molar-refractivity contribution in [3.8, 4) is 0 Å². The van der Waals surface area contributed by atoms with E-state index in [0.717, 1.165) is 0 Å². The summed E-state index contributed by atoms with van der Waals surface area (Å²) in [6.45, 7) is 2.12.